The SMILES string of the molecule is Cn1cc(Cc2cn3cc(N4CCCC4)ncc3n2)c(Br)n1. The largest absolute Gasteiger partial charge is 0.355 e. The van der Waals surface area contributed by atoms with Crippen LogP contribution in [0.4, 0.5) is 5.82 Å². The highest BCUT2D eigenvalue weighted by Gasteiger charge is 2.15. The summed E-state index contributed by atoms with van der Waals surface area (Å²) in [6.45, 7) is 2.20. The summed E-state index contributed by atoms with van der Waals surface area (Å²) in [6, 6.07) is 0. The minimum absolute atomic E-state index is 0.759. The van der Waals surface area contributed by atoms with Crippen molar-refractivity contribution in [3.05, 3.63) is 40.6 Å². The van der Waals surface area contributed by atoms with Crippen molar-refractivity contribution in [3.8, 4) is 0 Å². The molecule has 0 aromatic carbocycles. The van der Waals surface area contributed by atoms with Crippen molar-refractivity contribution in [2.45, 2.75) is 19.3 Å². The van der Waals surface area contributed by atoms with E-state index in [1.54, 1.807) is 0 Å². The van der Waals surface area contributed by atoms with Gasteiger partial charge in [0.05, 0.1) is 18.1 Å². The molecule has 0 unspecified atom stereocenters. The Morgan fingerprint density at radius 1 is 1.18 bits per heavy atom. The average Bonchev–Trinajstić information content (AvgIpc) is 3.19. The molecule has 4 heterocycles. The van der Waals surface area contributed by atoms with E-state index in [9.17, 15) is 0 Å². The van der Waals surface area contributed by atoms with Gasteiger partial charge in [-0.3, -0.25) is 4.68 Å². The molecule has 0 atom stereocenters. The Balaban J connectivity index is 1.64. The molecule has 22 heavy (non-hydrogen) atoms. The van der Waals surface area contributed by atoms with Crippen LogP contribution in [0.15, 0.2) is 29.4 Å². The molecule has 3 aromatic rings. The zero-order chi connectivity index (χ0) is 15.1. The molecule has 1 aliphatic heterocycles. The van der Waals surface area contributed by atoms with Crippen molar-refractivity contribution in [3.63, 3.8) is 0 Å². The number of aromatic nitrogens is 5. The fourth-order valence-corrected chi connectivity index (χ4v) is 3.45. The van der Waals surface area contributed by atoms with Crippen molar-refractivity contribution < 1.29 is 0 Å². The lowest BCUT2D eigenvalue weighted by Crippen LogP contribution is -2.19. The molecule has 0 N–H and O–H groups in total. The molecule has 1 saturated heterocycles. The molecule has 0 aliphatic carbocycles. The summed E-state index contributed by atoms with van der Waals surface area (Å²) in [7, 11) is 1.92. The van der Waals surface area contributed by atoms with Crippen LogP contribution in [0.5, 0.6) is 0 Å². The smallest absolute Gasteiger partial charge is 0.155 e. The molecule has 0 spiro atoms. The third kappa shape index (κ3) is 2.49. The number of hydrogen-bond donors (Lipinski definition) is 0. The molecule has 0 bridgehead atoms. The molecule has 6 nitrogen and oxygen atoms in total. The summed E-state index contributed by atoms with van der Waals surface area (Å²) in [5.41, 5.74) is 3.05. The highest BCUT2D eigenvalue weighted by atomic mass is 79.9. The highest BCUT2D eigenvalue weighted by Crippen LogP contribution is 2.20. The lowest BCUT2D eigenvalue weighted by Gasteiger charge is -2.15. The molecule has 114 valence electrons. The first-order valence-electron chi connectivity index (χ1n) is 7.45. The second-order valence-electron chi connectivity index (χ2n) is 5.73. The van der Waals surface area contributed by atoms with Crippen molar-refractivity contribution in [1.82, 2.24) is 24.1 Å². The van der Waals surface area contributed by atoms with Crippen LogP contribution in [0, 0.1) is 0 Å². The van der Waals surface area contributed by atoms with Crippen molar-refractivity contribution in [2.75, 3.05) is 18.0 Å². The maximum atomic E-state index is 4.65. The first kappa shape index (κ1) is 13.8. The van der Waals surface area contributed by atoms with Crippen LogP contribution in [0.25, 0.3) is 5.65 Å². The Bertz CT molecular complexity index is 815. The van der Waals surface area contributed by atoms with E-state index >= 15 is 0 Å². The fraction of sp³-hybridized carbons (Fsp3) is 0.400. The van der Waals surface area contributed by atoms with E-state index in [0.717, 1.165) is 46.8 Å². The number of fused-ring (bicyclic) bond motifs is 1. The van der Waals surface area contributed by atoms with Gasteiger partial charge >= 0.3 is 0 Å². The second kappa shape index (κ2) is 5.39. The second-order valence-corrected chi connectivity index (χ2v) is 6.48. The van der Waals surface area contributed by atoms with Crippen LogP contribution < -0.4 is 4.90 Å². The summed E-state index contributed by atoms with van der Waals surface area (Å²) in [5.74, 6) is 1.04. The number of rotatable bonds is 3. The average molecular weight is 361 g/mol. The minimum atomic E-state index is 0.759. The Morgan fingerprint density at radius 3 is 2.73 bits per heavy atom. The van der Waals surface area contributed by atoms with Crippen LogP contribution in [0.1, 0.15) is 24.1 Å². The van der Waals surface area contributed by atoms with E-state index in [4.69, 9.17) is 0 Å². The molecule has 1 fully saturated rings. The summed E-state index contributed by atoms with van der Waals surface area (Å²) in [5, 5.41) is 4.31. The van der Waals surface area contributed by atoms with Gasteiger partial charge in [0.15, 0.2) is 5.65 Å². The van der Waals surface area contributed by atoms with Gasteiger partial charge in [-0.05, 0) is 28.8 Å². The Kier molecular flexibility index (Phi) is 3.37. The number of nitrogens with zero attached hydrogens (tertiary/aromatic N) is 6. The van der Waals surface area contributed by atoms with Crippen LogP contribution in [-0.2, 0) is 13.5 Å². The van der Waals surface area contributed by atoms with Crippen molar-refractivity contribution in [1.29, 1.82) is 0 Å². The van der Waals surface area contributed by atoms with Crippen LogP contribution in [-0.4, -0.2) is 37.2 Å². The number of imidazole rings is 1. The lowest BCUT2D eigenvalue weighted by atomic mass is 10.2. The van der Waals surface area contributed by atoms with Gasteiger partial charge in [-0.25, -0.2) is 9.97 Å². The van der Waals surface area contributed by atoms with Crippen molar-refractivity contribution in [2.24, 2.45) is 7.05 Å². The van der Waals surface area contributed by atoms with Crippen molar-refractivity contribution >= 4 is 27.4 Å². The number of halogens is 1. The molecule has 0 amide bonds. The maximum Gasteiger partial charge on any atom is 0.155 e. The van der Waals surface area contributed by atoms with Gasteiger partial charge in [0.25, 0.3) is 0 Å². The molecule has 0 radical (unpaired) electrons. The third-order valence-electron chi connectivity index (χ3n) is 4.03. The van der Waals surface area contributed by atoms with E-state index in [-0.39, 0.29) is 0 Å². The Labute approximate surface area is 136 Å². The predicted molar refractivity (Wildman–Crippen MR) is 88.1 cm³/mol. The first-order chi connectivity index (χ1) is 10.7. The molecular weight excluding hydrogens is 344 g/mol. The van der Waals surface area contributed by atoms with E-state index in [0.29, 0.717) is 0 Å². The fourth-order valence-electron chi connectivity index (χ4n) is 2.96. The molecule has 1 aliphatic rings. The summed E-state index contributed by atoms with van der Waals surface area (Å²) < 4.78 is 4.76. The normalized spacial score (nSPS) is 15.1. The topological polar surface area (TPSA) is 51.2 Å². The number of aryl methyl sites for hydroxylation is 1. The van der Waals surface area contributed by atoms with Gasteiger partial charge in [-0.2, -0.15) is 5.10 Å². The zero-order valence-electron chi connectivity index (χ0n) is 12.4. The van der Waals surface area contributed by atoms with E-state index < -0.39 is 0 Å². The summed E-state index contributed by atoms with van der Waals surface area (Å²) in [6.07, 6.45) is 11.3. The molecule has 4 rings (SSSR count). The summed E-state index contributed by atoms with van der Waals surface area (Å²) in [4.78, 5) is 11.5. The predicted octanol–water partition coefficient (Wildman–Crippen LogP) is 2.42. The number of hydrogen-bond acceptors (Lipinski definition) is 4. The number of anilines is 1. The van der Waals surface area contributed by atoms with Gasteiger partial charge in [0, 0.05) is 44.5 Å². The Morgan fingerprint density at radius 2 is 2.00 bits per heavy atom. The first-order valence-corrected chi connectivity index (χ1v) is 8.25. The zero-order valence-corrected chi connectivity index (χ0v) is 14.0. The molecule has 0 saturated carbocycles. The molecule has 7 heteroatoms. The molecular formula is C15H17BrN6. The highest BCUT2D eigenvalue weighted by molar-refractivity contribution is 9.10. The standard InChI is InChI=1S/C15H17BrN6/c1-20-8-11(15(16)19-20)6-12-9-22-10-14(17-7-13(22)18-12)21-4-2-3-5-21/h7-10H,2-6H2,1H3. The van der Waals surface area contributed by atoms with Gasteiger partial charge in [0.1, 0.15) is 10.4 Å². The van der Waals surface area contributed by atoms with E-state index in [1.807, 2.05) is 24.1 Å². The quantitative estimate of drug-likeness (QED) is 0.719. The Hall–Kier alpha value is -1.89. The van der Waals surface area contributed by atoms with E-state index in [1.165, 1.54) is 12.8 Å². The maximum absolute atomic E-state index is 4.65. The molecule has 3 aromatic heterocycles. The van der Waals surface area contributed by atoms with Crippen LogP contribution in [0.3, 0.4) is 0 Å². The van der Waals surface area contributed by atoms with Gasteiger partial charge in [-0.15, -0.1) is 0 Å². The lowest BCUT2D eigenvalue weighted by molar-refractivity contribution is 0.760. The van der Waals surface area contributed by atoms with Crippen LogP contribution in [0.2, 0.25) is 0 Å². The van der Waals surface area contributed by atoms with Gasteiger partial charge < -0.3 is 9.30 Å². The monoisotopic (exact) mass is 360 g/mol. The van der Waals surface area contributed by atoms with E-state index in [2.05, 4.69) is 52.7 Å². The van der Waals surface area contributed by atoms with Gasteiger partial charge in [0.2, 0.25) is 0 Å². The minimum Gasteiger partial charge on any atom is -0.355 e. The third-order valence-corrected chi connectivity index (χ3v) is 4.70. The van der Waals surface area contributed by atoms with Crippen LogP contribution >= 0.6 is 15.9 Å². The van der Waals surface area contributed by atoms with Gasteiger partial charge in [-0.1, -0.05) is 0 Å². The summed E-state index contributed by atoms with van der Waals surface area (Å²) >= 11 is 3.49.